The molecule has 28 heavy (non-hydrogen) atoms. The maximum atomic E-state index is 9.70. The lowest BCUT2D eigenvalue weighted by atomic mass is 10.0. The smallest absolute Gasteiger partial charge is 0.191 e. The predicted molar refractivity (Wildman–Crippen MR) is 115 cm³/mol. The summed E-state index contributed by atoms with van der Waals surface area (Å²) in [5.41, 5.74) is 3.73. The average Bonchev–Trinajstić information content (AvgIpc) is 3.25. The van der Waals surface area contributed by atoms with E-state index >= 15 is 0 Å². The molecule has 0 aliphatic carbocycles. The number of aliphatic imine (C=N–C) groups is 1. The maximum Gasteiger partial charge on any atom is 0.191 e. The molecular formula is C23H32N4O. The minimum absolute atomic E-state index is 0.0459. The second-order valence-corrected chi connectivity index (χ2v) is 7.40. The molecule has 3 rings (SSSR count). The summed E-state index contributed by atoms with van der Waals surface area (Å²) in [5.74, 6) is 0.792. The van der Waals surface area contributed by atoms with Gasteiger partial charge in [-0.05, 0) is 42.6 Å². The number of nitrogens with zero attached hydrogens (tertiary/aromatic N) is 2. The summed E-state index contributed by atoms with van der Waals surface area (Å²) in [6, 6.07) is 18.9. The first-order valence-electron chi connectivity index (χ1n) is 10.2. The summed E-state index contributed by atoms with van der Waals surface area (Å²) in [5, 5.41) is 16.4. The van der Waals surface area contributed by atoms with E-state index in [2.05, 4.69) is 44.8 Å². The van der Waals surface area contributed by atoms with E-state index in [0.29, 0.717) is 6.54 Å². The zero-order chi connectivity index (χ0) is 19.6. The molecule has 0 spiro atoms. The molecule has 0 amide bonds. The van der Waals surface area contributed by atoms with E-state index in [4.69, 9.17) is 0 Å². The zero-order valence-corrected chi connectivity index (χ0v) is 16.8. The molecule has 1 aliphatic heterocycles. The first-order chi connectivity index (χ1) is 13.8. The van der Waals surface area contributed by atoms with Crippen LogP contribution in [-0.4, -0.2) is 49.3 Å². The Bertz CT molecular complexity index is 724. The SMILES string of the molecule is CN=C(NCc1ccc(CN2CCCC2)cc1)NCC(CO)c1ccccc1. The molecule has 1 saturated heterocycles. The van der Waals surface area contributed by atoms with E-state index in [1.54, 1.807) is 7.05 Å². The van der Waals surface area contributed by atoms with Gasteiger partial charge in [0.15, 0.2) is 5.96 Å². The van der Waals surface area contributed by atoms with Crippen LogP contribution in [0.4, 0.5) is 0 Å². The molecule has 5 heteroatoms. The van der Waals surface area contributed by atoms with E-state index in [9.17, 15) is 5.11 Å². The summed E-state index contributed by atoms with van der Waals surface area (Å²) in [4.78, 5) is 6.81. The minimum atomic E-state index is 0.0459. The summed E-state index contributed by atoms with van der Waals surface area (Å²) >= 11 is 0. The van der Waals surface area contributed by atoms with E-state index in [1.807, 2.05) is 30.3 Å². The highest BCUT2D eigenvalue weighted by Gasteiger charge is 2.12. The summed E-state index contributed by atoms with van der Waals surface area (Å²) in [6.45, 7) is 4.96. The van der Waals surface area contributed by atoms with E-state index in [1.165, 1.54) is 37.1 Å². The van der Waals surface area contributed by atoms with Crippen molar-refractivity contribution in [3.8, 4) is 0 Å². The number of benzene rings is 2. The molecule has 0 radical (unpaired) electrons. The van der Waals surface area contributed by atoms with Crippen molar-refractivity contribution in [2.24, 2.45) is 4.99 Å². The van der Waals surface area contributed by atoms with Crippen LogP contribution in [0.25, 0.3) is 0 Å². The summed E-state index contributed by atoms with van der Waals surface area (Å²) in [7, 11) is 1.77. The molecule has 0 bridgehead atoms. The number of guanidine groups is 1. The molecule has 0 aromatic heterocycles. The summed E-state index contributed by atoms with van der Waals surface area (Å²) in [6.07, 6.45) is 2.66. The Morgan fingerprint density at radius 2 is 1.68 bits per heavy atom. The van der Waals surface area contributed by atoms with Crippen LogP contribution in [0.15, 0.2) is 59.6 Å². The summed E-state index contributed by atoms with van der Waals surface area (Å²) < 4.78 is 0. The molecule has 2 aromatic rings. The maximum absolute atomic E-state index is 9.70. The monoisotopic (exact) mass is 380 g/mol. The molecule has 1 heterocycles. The van der Waals surface area contributed by atoms with Crippen LogP contribution in [0.3, 0.4) is 0 Å². The number of rotatable bonds is 8. The predicted octanol–water partition coefficient (Wildman–Crippen LogP) is 2.72. The van der Waals surface area contributed by atoms with Gasteiger partial charge < -0.3 is 15.7 Å². The van der Waals surface area contributed by atoms with Gasteiger partial charge >= 0.3 is 0 Å². The van der Waals surface area contributed by atoms with Gasteiger partial charge in [0.1, 0.15) is 0 Å². The topological polar surface area (TPSA) is 59.9 Å². The highest BCUT2D eigenvalue weighted by Crippen LogP contribution is 2.14. The third-order valence-electron chi connectivity index (χ3n) is 5.32. The third kappa shape index (κ3) is 6.08. The van der Waals surface area contributed by atoms with E-state index < -0.39 is 0 Å². The van der Waals surface area contributed by atoms with Crippen LogP contribution in [0.2, 0.25) is 0 Å². The largest absolute Gasteiger partial charge is 0.396 e. The van der Waals surface area contributed by atoms with Gasteiger partial charge in [-0.25, -0.2) is 0 Å². The highest BCUT2D eigenvalue weighted by atomic mass is 16.3. The van der Waals surface area contributed by atoms with Gasteiger partial charge in [0.05, 0.1) is 6.61 Å². The minimum Gasteiger partial charge on any atom is -0.396 e. The lowest BCUT2D eigenvalue weighted by Crippen LogP contribution is -2.39. The first-order valence-corrected chi connectivity index (χ1v) is 10.2. The first kappa shape index (κ1) is 20.4. The number of hydrogen-bond acceptors (Lipinski definition) is 3. The van der Waals surface area contributed by atoms with Gasteiger partial charge in [-0.2, -0.15) is 0 Å². The molecule has 1 unspecified atom stereocenters. The quantitative estimate of drug-likeness (QED) is 0.487. The molecule has 5 nitrogen and oxygen atoms in total. The van der Waals surface area contributed by atoms with Crippen molar-refractivity contribution < 1.29 is 5.11 Å². The van der Waals surface area contributed by atoms with Crippen molar-refractivity contribution in [3.63, 3.8) is 0 Å². The van der Waals surface area contributed by atoms with Gasteiger partial charge in [0.25, 0.3) is 0 Å². The fraction of sp³-hybridized carbons (Fsp3) is 0.435. The van der Waals surface area contributed by atoms with Crippen molar-refractivity contribution in [1.29, 1.82) is 0 Å². The lowest BCUT2D eigenvalue weighted by molar-refractivity contribution is 0.265. The Morgan fingerprint density at radius 3 is 2.32 bits per heavy atom. The second kappa shape index (κ2) is 10.8. The van der Waals surface area contributed by atoms with Crippen LogP contribution in [0.1, 0.15) is 35.4 Å². The van der Waals surface area contributed by atoms with Crippen LogP contribution in [0.5, 0.6) is 0 Å². The number of nitrogens with one attached hydrogen (secondary N) is 2. The third-order valence-corrected chi connectivity index (χ3v) is 5.32. The number of aliphatic hydroxyl groups excluding tert-OH is 1. The molecule has 3 N–H and O–H groups in total. The van der Waals surface area contributed by atoms with Crippen molar-refractivity contribution in [1.82, 2.24) is 15.5 Å². The molecule has 1 fully saturated rings. The van der Waals surface area contributed by atoms with E-state index in [-0.39, 0.29) is 12.5 Å². The molecule has 2 aromatic carbocycles. The van der Waals surface area contributed by atoms with Gasteiger partial charge in [-0.15, -0.1) is 0 Å². The number of aliphatic hydroxyl groups is 1. The van der Waals surface area contributed by atoms with Gasteiger partial charge in [-0.3, -0.25) is 9.89 Å². The Labute approximate surface area is 168 Å². The van der Waals surface area contributed by atoms with Gasteiger partial charge in [0, 0.05) is 32.6 Å². The van der Waals surface area contributed by atoms with Gasteiger partial charge in [-0.1, -0.05) is 54.6 Å². The number of hydrogen-bond donors (Lipinski definition) is 3. The van der Waals surface area contributed by atoms with Crippen LogP contribution < -0.4 is 10.6 Å². The standard InChI is InChI=1S/C23H32N4O/c1-24-23(26-16-22(18-28)21-7-3-2-4-8-21)25-15-19-9-11-20(12-10-19)17-27-13-5-6-14-27/h2-4,7-12,22,28H,5-6,13-18H2,1H3,(H2,24,25,26). The fourth-order valence-electron chi connectivity index (χ4n) is 3.60. The lowest BCUT2D eigenvalue weighted by Gasteiger charge is -2.18. The van der Waals surface area contributed by atoms with E-state index in [0.717, 1.165) is 24.6 Å². The van der Waals surface area contributed by atoms with Gasteiger partial charge in [0.2, 0.25) is 0 Å². The van der Waals surface area contributed by atoms with Crippen LogP contribution in [-0.2, 0) is 13.1 Å². The molecule has 1 aliphatic rings. The zero-order valence-electron chi connectivity index (χ0n) is 16.8. The Kier molecular flexibility index (Phi) is 7.88. The van der Waals surface area contributed by atoms with Crippen molar-refractivity contribution >= 4 is 5.96 Å². The Balaban J connectivity index is 1.45. The Morgan fingerprint density at radius 1 is 1.00 bits per heavy atom. The molecule has 0 saturated carbocycles. The second-order valence-electron chi connectivity index (χ2n) is 7.40. The molecular weight excluding hydrogens is 348 g/mol. The fourth-order valence-corrected chi connectivity index (χ4v) is 3.60. The average molecular weight is 381 g/mol. The van der Waals surface area contributed by atoms with Crippen LogP contribution >= 0.6 is 0 Å². The Hall–Kier alpha value is -2.37. The molecule has 150 valence electrons. The van der Waals surface area contributed by atoms with Crippen LogP contribution in [0, 0.1) is 0 Å². The normalized spacial score (nSPS) is 16.1. The van der Waals surface area contributed by atoms with Crippen molar-refractivity contribution in [2.45, 2.75) is 31.8 Å². The number of likely N-dealkylation sites (tertiary alicyclic amines) is 1. The van der Waals surface area contributed by atoms with Crippen molar-refractivity contribution in [3.05, 3.63) is 71.3 Å². The molecule has 1 atom stereocenters. The highest BCUT2D eigenvalue weighted by molar-refractivity contribution is 5.79. The van der Waals surface area contributed by atoms with Crippen molar-refractivity contribution in [2.75, 3.05) is 33.3 Å².